The minimum Gasteiger partial charge on any atom is -0.458 e. The number of benzene rings is 1. The molecule has 1 saturated carbocycles. The average Bonchev–Trinajstić information content (AvgIpc) is 3.71. The zero-order chi connectivity index (χ0) is 28.1. The Kier molecular flexibility index (Phi) is 5.65. The van der Waals surface area contributed by atoms with E-state index < -0.39 is 41.0 Å². The van der Waals surface area contributed by atoms with Crippen molar-refractivity contribution in [1.29, 1.82) is 0 Å². The fourth-order valence-corrected chi connectivity index (χ4v) is 6.89. The van der Waals surface area contributed by atoms with E-state index in [0.29, 0.717) is 58.2 Å². The van der Waals surface area contributed by atoms with Crippen molar-refractivity contribution in [3.8, 4) is 11.4 Å². The van der Waals surface area contributed by atoms with E-state index in [9.17, 15) is 29.0 Å². The minimum atomic E-state index is -1.97. The van der Waals surface area contributed by atoms with Crippen molar-refractivity contribution in [2.24, 2.45) is 5.92 Å². The molecule has 1 fully saturated rings. The van der Waals surface area contributed by atoms with Crippen molar-refractivity contribution >= 4 is 34.4 Å². The molecule has 9 nitrogen and oxygen atoms in total. The summed E-state index contributed by atoms with van der Waals surface area (Å²) in [5.41, 5.74) is 1.13. The van der Waals surface area contributed by atoms with Crippen LogP contribution in [0.15, 0.2) is 16.9 Å². The first-order valence-corrected chi connectivity index (χ1v) is 14.0. The summed E-state index contributed by atoms with van der Waals surface area (Å²) >= 11 is 6.40. The van der Waals surface area contributed by atoms with Crippen LogP contribution < -0.4 is 10.9 Å². The predicted octanol–water partition coefficient (Wildman–Crippen LogP) is 3.14. The molecule has 2 aliphatic heterocycles. The van der Waals surface area contributed by atoms with E-state index in [1.54, 1.807) is 6.07 Å². The van der Waals surface area contributed by atoms with E-state index in [1.807, 2.05) is 6.92 Å². The van der Waals surface area contributed by atoms with Crippen LogP contribution in [0.1, 0.15) is 72.9 Å². The highest BCUT2D eigenvalue weighted by atomic mass is 35.5. The maximum atomic E-state index is 14.9. The zero-order valence-corrected chi connectivity index (χ0v) is 22.5. The van der Waals surface area contributed by atoms with Gasteiger partial charge in [0, 0.05) is 22.6 Å². The van der Waals surface area contributed by atoms with Crippen LogP contribution in [0.5, 0.6) is 0 Å². The lowest BCUT2D eigenvalue weighted by Gasteiger charge is -2.32. The normalized spacial score (nSPS) is 23.3. The van der Waals surface area contributed by atoms with E-state index in [2.05, 4.69) is 5.32 Å². The number of aliphatic hydroxyl groups excluding tert-OH is 1. The molecule has 2 aromatic heterocycles. The van der Waals surface area contributed by atoms with Gasteiger partial charge in [-0.1, -0.05) is 24.9 Å². The third-order valence-corrected chi connectivity index (χ3v) is 9.20. The fraction of sp³-hybridized carbons (Fsp3) is 0.448. The zero-order valence-electron chi connectivity index (χ0n) is 21.7. The standard InChI is InChI=1S/C29H27ClFN3O6/c1-2-7-29(39)16-8-20-24-14(10-34(20)27(37)15(16)11-40-28(29)38)22-18(33-26(36)25(35)12-3-4-12)6-5-13-21(22)19(32-24)9-17(31)23(13)30/h8-9,12,18,25,35,39H,2-7,10-11H2,1H3,(H,33,36)/t18?,25?,29-/m0/s1. The lowest BCUT2D eigenvalue weighted by molar-refractivity contribution is -0.172. The average molecular weight is 568 g/mol. The quantitative estimate of drug-likeness (QED) is 0.316. The number of rotatable bonds is 5. The first-order valence-electron chi connectivity index (χ1n) is 13.6. The van der Waals surface area contributed by atoms with Crippen LogP contribution >= 0.6 is 11.6 Å². The third kappa shape index (κ3) is 3.52. The number of aliphatic hydroxyl groups is 2. The minimum absolute atomic E-state index is 0.00160. The Labute approximate surface area is 232 Å². The van der Waals surface area contributed by atoms with Crippen molar-refractivity contribution in [3.05, 3.63) is 61.1 Å². The number of aromatic nitrogens is 2. The molecular formula is C29H27ClFN3O6. The van der Waals surface area contributed by atoms with Crippen LogP contribution in [0.2, 0.25) is 5.02 Å². The molecule has 3 atom stereocenters. The van der Waals surface area contributed by atoms with Gasteiger partial charge in [0.2, 0.25) is 5.91 Å². The molecule has 3 aromatic rings. The van der Waals surface area contributed by atoms with E-state index >= 15 is 0 Å². The smallest absolute Gasteiger partial charge is 0.343 e. The van der Waals surface area contributed by atoms with E-state index in [0.717, 1.165) is 12.8 Å². The molecule has 11 heteroatoms. The summed E-state index contributed by atoms with van der Waals surface area (Å²) in [4.78, 5) is 44.1. The summed E-state index contributed by atoms with van der Waals surface area (Å²) in [6, 6.07) is 2.35. The van der Waals surface area contributed by atoms with Crippen molar-refractivity contribution in [3.63, 3.8) is 0 Å². The summed E-state index contributed by atoms with van der Waals surface area (Å²) in [6.07, 6.45) is 1.86. The predicted molar refractivity (Wildman–Crippen MR) is 142 cm³/mol. The summed E-state index contributed by atoms with van der Waals surface area (Å²) in [6.45, 7) is 1.70. The molecule has 40 heavy (non-hydrogen) atoms. The maximum Gasteiger partial charge on any atom is 0.343 e. The molecule has 0 spiro atoms. The second-order valence-electron chi connectivity index (χ2n) is 11.3. The van der Waals surface area contributed by atoms with Crippen molar-refractivity contribution in [1.82, 2.24) is 14.9 Å². The molecule has 4 aliphatic rings. The molecule has 208 valence electrons. The molecular weight excluding hydrogens is 541 g/mol. The van der Waals surface area contributed by atoms with Crippen molar-refractivity contribution in [2.45, 2.75) is 76.3 Å². The van der Waals surface area contributed by atoms with Gasteiger partial charge in [0.1, 0.15) is 18.5 Å². The van der Waals surface area contributed by atoms with Crippen molar-refractivity contribution < 1.29 is 28.9 Å². The van der Waals surface area contributed by atoms with Gasteiger partial charge >= 0.3 is 5.97 Å². The Morgan fingerprint density at radius 1 is 1.27 bits per heavy atom. The number of cyclic esters (lactones) is 1. The van der Waals surface area contributed by atoms with E-state index in [-0.39, 0.29) is 41.6 Å². The largest absolute Gasteiger partial charge is 0.458 e. The van der Waals surface area contributed by atoms with E-state index in [4.69, 9.17) is 21.3 Å². The first-order chi connectivity index (χ1) is 19.1. The lowest BCUT2D eigenvalue weighted by atomic mass is 9.83. The first kappa shape index (κ1) is 25.6. The molecule has 0 saturated heterocycles. The van der Waals surface area contributed by atoms with Crippen LogP contribution in [0.25, 0.3) is 22.3 Å². The van der Waals surface area contributed by atoms with Crippen molar-refractivity contribution in [2.75, 3.05) is 0 Å². The van der Waals surface area contributed by atoms with Gasteiger partial charge < -0.3 is 24.8 Å². The number of fused-ring (bicyclic) bond motifs is 5. The SMILES string of the molecule is CCC[C@@]1(O)C(=O)OCc2c1cc1n(c2=O)Cc2c-1nc1cc(F)c(Cl)c3c1c2C(NC(=O)C(O)C1CC1)CC3. The Hall–Kier alpha value is -3.34. The topological polar surface area (TPSA) is 131 Å². The Balaban J connectivity index is 1.45. The molecule has 4 heterocycles. The number of aryl methyl sites for hydroxylation is 1. The van der Waals surface area contributed by atoms with Gasteiger partial charge in [-0.15, -0.1) is 0 Å². The lowest BCUT2D eigenvalue weighted by Crippen LogP contribution is -2.44. The Morgan fingerprint density at radius 2 is 2.05 bits per heavy atom. The monoisotopic (exact) mass is 567 g/mol. The summed E-state index contributed by atoms with van der Waals surface area (Å²) < 4.78 is 21.6. The summed E-state index contributed by atoms with van der Waals surface area (Å²) in [5, 5.41) is 25.4. The fourth-order valence-electron chi connectivity index (χ4n) is 6.65. The number of hydrogen-bond acceptors (Lipinski definition) is 7. The van der Waals surface area contributed by atoms with Crippen LogP contribution in [0, 0.1) is 11.7 Å². The molecule has 2 unspecified atom stereocenters. The summed E-state index contributed by atoms with van der Waals surface area (Å²) in [7, 11) is 0. The number of amides is 1. The number of esters is 1. The van der Waals surface area contributed by atoms with Gasteiger partial charge in [-0.2, -0.15) is 0 Å². The van der Waals surface area contributed by atoms with Gasteiger partial charge in [0.05, 0.1) is 40.1 Å². The number of ether oxygens (including phenoxy) is 1. The number of carbonyl (C=O) groups excluding carboxylic acids is 2. The molecule has 0 radical (unpaired) electrons. The highest BCUT2D eigenvalue weighted by molar-refractivity contribution is 6.32. The number of pyridine rings is 2. The molecule has 3 N–H and O–H groups in total. The second kappa shape index (κ2) is 8.83. The number of nitrogens with one attached hydrogen (secondary N) is 1. The molecule has 2 aliphatic carbocycles. The molecule has 1 aromatic carbocycles. The summed E-state index contributed by atoms with van der Waals surface area (Å²) in [5.74, 6) is -1.94. The number of halogens is 2. The molecule has 1 amide bonds. The Morgan fingerprint density at radius 3 is 2.77 bits per heavy atom. The van der Waals surface area contributed by atoms with Gasteiger partial charge in [-0.25, -0.2) is 14.2 Å². The highest BCUT2D eigenvalue weighted by Crippen LogP contribution is 2.47. The Bertz CT molecular complexity index is 1720. The number of hydrogen-bond donors (Lipinski definition) is 3. The van der Waals surface area contributed by atoms with Gasteiger partial charge in [0.15, 0.2) is 5.60 Å². The maximum absolute atomic E-state index is 14.9. The second-order valence-corrected chi connectivity index (χ2v) is 11.7. The third-order valence-electron chi connectivity index (χ3n) is 8.80. The van der Waals surface area contributed by atoms with Crippen LogP contribution in [0.3, 0.4) is 0 Å². The number of nitrogens with zero attached hydrogens (tertiary/aromatic N) is 2. The van der Waals surface area contributed by atoms with Crippen LogP contribution in [0.4, 0.5) is 4.39 Å². The molecule has 7 rings (SSSR count). The van der Waals surface area contributed by atoms with Crippen LogP contribution in [-0.4, -0.2) is 37.7 Å². The van der Waals surface area contributed by atoms with Gasteiger partial charge in [0.25, 0.3) is 5.56 Å². The molecule has 0 bridgehead atoms. The van der Waals surface area contributed by atoms with Gasteiger partial charge in [-0.05, 0) is 55.2 Å². The van der Waals surface area contributed by atoms with Crippen LogP contribution in [-0.2, 0) is 39.5 Å². The highest BCUT2D eigenvalue weighted by Gasteiger charge is 2.46. The van der Waals surface area contributed by atoms with E-state index in [1.165, 1.54) is 10.6 Å². The number of carbonyl (C=O) groups is 2. The van der Waals surface area contributed by atoms with Gasteiger partial charge in [-0.3, -0.25) is 9.59 Å².